The van der Waals surface area contributed by atoms with E-state index in [0.29, 0.717) is 5.82 Å². The zero-order chi connectivity index (χ0) is 14.4. The topological polar surface area (TPSA) is 75.1 Å². The first-order chi connectivity index (χ1) is 10.2. The van der Waals surface area contributed by atoms with E-state index in [0.717, 1.165) is 35.3 Å². The number of aromatic nitrogens is 4. The Kier molecular flexibility index (Phi) is 2.57. The highest BCUT2D eigenvalue weighted by molar-refractivity contribution is 5.93. The molecule has 3 aromatic rings. The van der Waals surface area contributed by atoms with Crippen molar-refractivity contribution in [2.75, 3.05) is 5.32 Å². The average Bonchev–Trinajstić information content (AvgIpc) is 3.12. The van der Waals surface area contributed by atoms with E-state index < -0.39 is 0 Å². The van der Waals surface area contributed by atoms with E-state index in [9.17, 15) is 4.79 Å². The van der Waals surface area contributed by atoms with Gasteiger partial charge in [0.15, 0.2) is 5.82 Å². The maximum atomic E-state index is 11.8. The number of anilines is 1. The molecule has 0 saturated heterocycles. The van der Waals surface area contributed by atoms with Crippen molar-refractivity contribution in [2.24, 2.45) is 5.92 Å². The van der Waals surface area contributed by atoms with E-state index in [1.807, 2.05) is 42.0 Å². The summed E-state index contributed by atoms with van der Waals surface area (Å²) in [5, 5.41) is 9.98. The highest BCUT2D eigenvalue weighted by atomic mass is 16.2. The Hall–Kier alpha value is -2.63. The van der Waals surface area contributed by atoms with Crippen LogP contribution in [0.15, 0.2) is 30.7 Å². The first kappa shape index (κ1) is 12.1. The number of hydrogen-bond donors (Lipinski definition) is 2. The van der Waals surface area contributed by atoms with Crippen LogP contribution in [0.5, 0.6) is 0 Å². The third-order valence-corrected chi connectivity index (χ3v) is 3.75. The Bertz CT molecular complexity index is 828. The predicted octanol–water partition coefficient (Wildman–Crippen LogP) is 2.38. The molecule has 2 N–H and O–H groups in total. The van der Waals surface area contributed by atoms with Crippen molar-refractivity contribution in [3.8, 4) is 11.3 Å². The molecule has 4 rings (SSSR count). The lowest BCUT2D eigenvalue weighted by Crippen LogP contribution is -2.13. The molecule has 106 valence electrons. The van der Waals surface area contributed by atoms with Gasteiger partial charge in [-0.1, -0.05) is 0 Å². The lowest BCUT2D eigenvalue weighted by atomic mass is 10.1. The van der Waals surface area contributed by atoms with Crippen molar-refractivity contribution >= 4 is 17.4 Å². The predicted molar refractivity (Wildman–Crippen MR) is 78.9 cm³/mol. The Balaban J connectivity index is 1.68. The SMILES string of the molecule is Cc1c[nH]nc1-c1ccc2nc(NC(=O)C3CC3)cn2c1. The Morgan fingerprint density at radius 1 is 1.38 bits per heavy atom. The first-order valence-corrected chi connectivity index (χ1v) is 7.01. The molecule has 0 spiro atoms. The van der Waals surface area contributed by atoms with Gasteiger partial charge in [-0.3, -0.25) is 9.89 Å². The number of carbonyl (C=O) groups excluding carboxylic acids is 1. The van der Waals surface area contributed by atoms with Gasteiger partial charge in [-0.05, 0) is 37.5 Å². The van der Waals surface area contributed by atoms with Gasteiger partial charge in [-0.2, -0.15) is 5.10 Å². The lowest BCUT2D eigenvalue weighted by molar-refractivity contribution is -0.117. The van der Waals surface area contributed by atoms with Gasteiger partial charge in [-0.25, -0.2) is 4.98 Å². The summed E-state index contributed by atoms with van der Waals surface area (Å²) in [5.41, 5.74) is 3.84. The zero-order valence-electron chi connectivity index (χ0n) is 11.6. The monoisotopic (exact) mass is 281 g/mol. The van der Waals surface area contributed by atoms with Crippen molar-refractivity contribution in [3.63, 3.8) is 0 Å². The highest BCUT2D eigenvalue weighted by Gasteiger charge is 2.29. The maximum absolute atomic E-state index is 11.8. The molecular weight excluding hydrogens is 266 g/mol. The van der Waals surface area contributed by atoms with Gasteiger partial charge in [-0.15, -0.1) is 0 Å². The molecule has 0 radical (unpaired) electrons. The second kappa shape index (κ2) is 4.44. The molecule has 6 heteroatoms. The summed E-state index contributed by atoms with van der Waals surface area (Å²) >= 11 is 0. The van der Waals surface area contributed by atoms with Crippen molar-refractivity contribution in [2.45, 2.75) is 19.8 Å². The quantitative estimate of drug-likeness (QED) is 0.774. The molecule has 3 aromatic heterocycles. The number of imidazole rings is 1. The second-order valence-electron chi connectivity index (χ2n) is 5.49. The number of nitrogens with one attached hydrogen (secondary N) is 2. The normalized spacial score (nSPS) is 14.5. The van der Waals surface area contributed by atoms with E-state index in [1.165, 1.54) is 0 Å². The van der Waals surface area contributed by atoms with Crippen LogP contribution in [0.25, 0.3) is 16.9 Å². The van der Waals surface area contributed by atoms with Gasteiger partial charge in [0.2, 0.25) is 5.91 Å². The molecule has 6 nitrogen and oxygen atoms in total. The fourth-order valence-electron chi connectivity index (χ4n) is 2.41. The van der Waals surface area contributed by atoms with Gasteiger partial charge in [0.1, 0.15) is 5.65 Å². The van der Waals surface area contributed by atoms with Crippen LogP contribution in [0.3, 0.4) is 0 Å². The van der Waals surface area contributed by atoms with Gasteiger partial charge < -0.3 is 9.72 Å². The molecule has 0 unspecified atom stereocenters. The molecule has 0 aliphatic heterocycles. The Labute approximate surface area is 121 Å². The van der Waals surface area contributed by atoms with E-state index in [-0.39, 0.29) is 11.8 Å². The molecular formula is C15H15N5O. The number of carbonyl (C=O) groups is 1. The summed E-state index contributed by atoms with van der Waals surface area (Å²) in [4.78, 5) is 16.2. The van der Waals surface area contributed by atoms with Crippen molar-refractivity contribution < 1.29 is 4.79 Å². The van der Waals surface area contributed by atoms with E-state index in [4.69, 9.17) is 0 Å². The second-order valence-corrected chi connectivity index (χ2v) is 5.49. The van der Waals surface area contributed by atoms with Crippen LogP contribution >= 0.6 is 0 Å². The summed E-state index contributed by atoms with van der Waals surface area (Å²) in [6.07, 6.45) is 7.65. The molecule has 0 bridgehead atoms. The number of aromatic amines is 1. The van der Waals surface area contributed by atoms with E-state index in [1.54, 1.807) is 0 Å². The number of fused-ring (bicyclic) bond motifs is 1. The fourth-order valence-corrected chi connectivity index (χ4v) is 2.41. The number of H-pyrrole nitrogens is 1. The Morgan fingerprint density at radius 3 is 2.95 bits per heavy atom. The molecule has 3 heterocycles. The number of pyridine rings is 1. The largest absolute Gasteiger partial charge is 0.309 e. The number of nitrogens with zero attached hydrogens (tertiary/aromatic N) is 3. The van der Waals surface area contributed by atoms with E-state index in [2.05, 4.69) is 20.5 Å². The van der Waals surface area contributed by atoms with Crippen LogP contribution in [-0.4, -0.2) is 25.5 Å². The molecule has 0 atom stereocenters. The average molecular weight is 281 g/mol. The number of rotatable bonds is 3. The van der Waals surface area contributed by atoms with Crippen LogP contribution in [0.2, 0.25) is 0 Å². The third-order valence-electron chi connectivity index (χ3n) is 3.75. The highest BCUT2D eigenvalue weighted by Crippen LogP contribution is 2.30. The molecule has 1 aliphatic rings. The molecule has 21 heavy (non-hydrogen) atoms. The van der Waals surface area contributed by atoms with Gasteiger partial charge in [0.25, 0.3) is 0 Å². The molecule has 1 fully saturated rings. The van der Waals surface area contributed by atoms with Crippen LogP contribution in [0.1, 0.15) is 18.4 Å². The first-order valence-electron chi connectivity index (χ1n) is 7.01. The third kappa shape index (κ3) is 2.18. The minimum absolute atomic E-state index is 0.0711. The summed E-state index contributed by atoms with van der Waals surface area (Å²) in [6.45, 7) is 2.01. The van der Waals surface area contributed by atoms with Crippen molar-refractivity contribution in [1.82, 2.24) is 19.6 Å². The van der Waals surface area contributed by atoms with Gasteiger partial charge in [0.05, 0.1) is 11.9 Å². The van der Waals surface area contributed by atoms with Crippen LogP contribution in [0, 0.1) is 12.8 Å². The van der Waals surface area contributed by atoms with Crippen LogP contribution in [-0.2, 0) is 4.79 Å². The standard InChI is InChI=1S/C15H15N5O/c1-9-6-16-19-14(9)11-4-5-13-17-12(8-20(13)7-11)18-15(21)10-2-3-10/h4-8,10H,2-3H2,1H3,(H,16,19)(H,18,21). The molecule has 1 saturated carbocycles. The summed E-state index contributed by atoms with van der Waals surface area (Å²) in [5.74, 6) is 0.849. The zero-order valence-corrected chi connectivity index (χ0v) is 11.6. The minimum atomic E-state index is 0.0711. The van der Waals surface area contributed by atoms with Crippen molar-refractivity contribution in [3.05, 3.63) is 36.3 Å². The lowest BCUT2D eigenvalue weighted by Gasteiger charge is -1.99. The number of aryl methyl sites for hydroxylation is 1. The van der Waals surface area contributed by atoms with Crippen LogP contribution in [0.4, 0.5) is 5.82 Å². The minimum Gasteiger partial charge on any atom is -0.309 e. The smallest absolute Gasteiger partial charge is 0.228 e. The number of amides is 1. The summed E-state index contributed by atoms with van der Waals surface area (Å²) in [7, 11) is 0. The fraction of sp³-hybridized carbons (Fsp3) is 0.267. The Morgan fingerprint density at radius 2 is 2.24 bits per heavy atom. The molecule has 0 aromatic carbocycles. The van der Waals surface area contributed by atoms with Gasteiger partial charge in [0, 0.05) is 23.9 Å². The van der Waals surface area contributed by atoms with Crippen molar-refractivity contribution in [1.29, 1.82) is 0 Å². The van der Waals surface area contributed by atoms with E-state index >= 15 is 0 Å². The number of hydrogen-bond acceptors (Lipinski definition) is 3. The molecule has 1 aliphatic carbocycles. The summed E-state index contributed by atoms with van der Waals surface area (Å²) in [6, 6.07) is 3.91. The summed E-state index contributed by atoms with van der Waals surface area (Å²) < 4.78 is 1.91. The molecule has 1 amide bonds. The van der Waals surface area contributed by atoms with Gasteiger partial charge >= 0.3 is 0 Å². The van der Waals surface area contributed by atoms with Crippen LogP contribution < -0.4 is 5.32 Å². The maximum Gasteiger partial charge on any atom is 0.228 e.